The summed E-state index contributed by atoms with van der Waals surface area (Å²) in [5.41, 5.74) is 2.63. The van der Waals surface area contributed by atoms with E-state index < -0.39 is 0 Å². The Bertz CT molecular complexity index is 362. The fourth-order valence-corrected chi connectivity index (χ4v) is 2.82. The van der Waals surface area contributed by atoms with Crippen molar-refractivity contribution < 1.29 is 5.11 Å². The lowest BCUT2D eigenvalue weighted by atomic mass is 9.93. The highest BCUT2D eigenvalue weighted by molar-refractivity contribution is 5.23. The van der Waals surface area contributed by atoms with Gasteiger partial charge in [-0.05, 0) is 43.1 Å². The lowest BCUT2D eigenvalue weighted by Gasteiger charge is -2.25. The van der Waals surface area contributed by atoms with Crippen molar-refractivity contribution in [2.24, 2.45) is 0 Å². The van der Waals surface area contributed by atoms with Gasteiger partial charge in [0.1, 0.15) is 0 Å². The van der Waals surface area contributed by atoms with Crippen LogP contribution in [0.25, 0.3) is 0 Å². The SMILES string of the molecule is CC(C)c1cn(C2CCC(O)CC2)nc1C(C)C. The molecule has 102 valence electrons. The number of hydrogen-bond acceptors (Lipinski definition) is 2. The minimum Gasteiger partial charge on any atom is -0.393 e. The summed E-state index contributed by atoms with van der Waals surface area (Å²) in [4.78, 5) is 0. The Morgan fingerprint density at radius 3 is 2.17 bits per heavy atom. The third-order valence-electron chi connectivity index (χ3n) is 4.00. The highest BCUT2D eigenvalue weighted by Gasteiger charge is 2.23. The van der Waals surface area contributed by atoms with Crippen LogP contribution in [0.1, 0.15) is 82.5 Å². The first-order chi connectivity index (χ1) is 8.49. The Hall–Kier alpha value is -0.830. The number of aliphatic hydroxyl groups is 1. The van der Waals surface area contributed by atoms with E-state index in [2.05, 4.69) is 38.6 Å². The van der Waals surface area contributed by atoms with Crippen LogP contribution in [-0.4, -0.2) is 21.0 Å². The van der Waals surface area contributed by atoms with Gasteiger partial charge in [-0.3, -0.25) is 4.68 Å². The van der Waals surface area contributed by atoms with Crippen LogP contribution in [0.3, 0.4) is 0 Å². The molecule has 3 heteroatoms. The van der Waals surface area contributed by atoms with E-state index in [0.29, 0.717) is 17.9 Å². The van der Waals surface area contributed by atoms with Crippen LogP contribution in [0.2, 0.25) is 0 Å². The second kappa shape index (κ2) is 5.43. The molecule has 1 heterocycles. The summed E-state index contributed by atoms with van der Waals surface area (Å²) >= 11 is 0. The number of hydrogen-bond donors (Lipinski definition) is 1. The molecule has 0 bridgehead atoms. The highest BCUT2D eigenvalue weighted by Crippen LogP contribution is 2.31. The number of aromatic nitrogens is 2. The van der Waals surface area contributed by atoms with Crippen molar-refractivity contribution in [3.8, 4) is 0 Å². The van der Waals surface area contributed by atoms with E-state index in [1.54, 1.807) is 0 Å². The average molecular weight is 250 g/mol. The zero-order valence-corrected chi connectivity index (χ0v) is 12.1. The fourth-order valence-electron chi connectivity index (χ4n) is 2.82. The third-order valence-corrected chi connectivity index (χ3v) is 4.00. The van der Waals surface area contributed by atoms with Crippen molar-refractivity contribution in [2.45, 2.75) is 77.4 Å². The van der Waals surface area contributed by atoms with Gasteiger partial charge in [-0.1, -0.05) is 27.7 Å². The van der Waals surface area contributed by atoms with Gasteiger partial charge in [-0.2, -0.15) is 5.10 Å². The van der Waals surface area contributed by atoms with Gasteiger partial charge < -0.3 is 5.11 Å². The molecule has 1 aliphatic rings. The third kappa shape index (κ3) is 2.77. The van der Waals surface area contributed by atoms with Gasteiger partial charge in [0.05, 0.1) is 17.8 Å². The molecule has 18 heavy (non-hydrogen) atoms. The minimum atomic E-state index is -0.0917. The summed E-state index contributed by atoms with van der Waals surface area (Å²) in [6.45, 7) is 8.89. The smallest absolute Gasteiger partial charge is 0.0684 e. The molecule has 2 rings (SSSR count). The predicted molar refractivity (Wildman–Crippen MR) is 73.9 cm³/mol. The van der Waals surface area contributed by atoms with Crippen molar-refractivity contribution in [1.82, 2.24) is 9.78 Å². The van der Waals surface area contributed by atoms with E-state index >= 15 is 0 Å². The van der Waals surface area contributed by atoms with E-state index in [4.69, 9.17) is 5.10 Å². The van der Waals surface area contributed by atoms with Gasteiger partial charge >= 0.3 is 0 Å². The second-order valence-corrected chi connectivity index (χ2v) is 6.22. The molecule has 0 aliphatic heterocycles. The van der Waals surface area contributed by atoms with Gasteiger partial charge in [-0.15, -0.1) is 0 Å². The quantitative estimate of drug-likeness (QED) is 0.890. The molecule has 0 radical (unpaired) electrons. The molecule has 1 N–H and O–H groups in total. The molecule has 0 spiro atoms. The maximum absolute atomic E-state index is 9.58. The van der Waals surface area contributed by atoms with Gasteiger partial charge in [-0.25, -0.2) is 0 Å². The summed E-state index contributed by atoms with van der Waals surface area (Å²) < 4.78 is 2.16. The van der Waals surface area contributed by atoms with Gasteiger partial charge in [0, 0.05) is 6.20 Å². The zero-order valence-electron chi connectivity index (χ0n) is 12.1. The molecule has 0 amide bonds. The number of rotatable bonds is 3. The standard InChI is InChI=1S/C15H26N2O/c1-10(2)14-9-17(16-15(14)11(3)4)12-5-7-13(18)8-6-12/h9-13,18H,5-8H2,1-4H3. The van der Waals surface area contributed by atoms with Crippen LogP contribution in [0.4, 0.5) is 0 Å². The van der Waals surface area contributed by atoms with Gasteiger partial charge in [0.2, 0.25) is 0 Å². The van der Waals surface area contributed by atoms with Crippen molar-refractivity contribution >= 4 is 0 Å². The van der Waals surface area contributed by atoms with Crippen molar-refractivity contribution in [2.75, 3.05) is 0 Å². The van der Waals surface area contributed by atoms with E-state index in [1.807, 2.05) is 0 Å². The molecule has 0 atom stereocenters. The zero-order chi connectivity index (χ0) is 13.3. The summed E-state index contributed by atoms with van der Waals surface area (Å²) in [6, 6.07) is 0.485. The van der Waals surface area contributed by atoms with E-state index in [-0.39, 0.29) is 6.10 Å². The van der Waals surface area contributed by atoms with E-state index in [1.165, 1.54) is 11.3 Å². The highest BCUT2D eigenvalue weighted by atomic mass is 16.3. The molecule has 1 fully saturated rings. The second-order valence-electron chi connectivity index (χ2n) is 6.22. The molecule has 0 saturated heterocycles. The Balaban J connectivity index is 2.21. The maximum Gasteiger partial charge on any atom is 0.0684 e. The molecule has 0 unspecified atom stereocenters. The summed E-state index contributed by atoms with van der Waals surface area (Å²) in [5.74, 6) is 1.02. The lowest BCUT2D eigenvalue weighted by Crippen LogP contribution is -2.21. The van der Waals surface area contributed by atoms with Crippen LogP contribution in [0, 0.1) is 0 Å². The number of nitrogens with zero attached hydrogens (tertiary/aromatic N) is 2. The van der Waals surface area contributed by atoms with Gasteiger partial charge in [0.15, 0.2) is 0 Å². The summed E-state index contributed by atoms with van der Waals surface area (Å²) in [7, 11) is 0. The normalized spacial score (nSPS) is 25.1. The van der Waals surface area contributed by atoms with Crippen LogP contribution in [-0.2, 0) is 0 Å². The van der Waals surface area contributed by atoms with Gasteiger partial charge in [0.25, 0.3) is 0 Å². The fraction of sp³-hybridized carbons (Fsp3) is 0.800. The van der Waals surface area contributed by atoms with Crippen LogP contribution >= 0.6 is 0 Å². The van der Waals surface area contributed by atoms with Crippen LogP contribution < -0.4 is 0 Å². The Kier molecular flexibility index (Phi) is 4.10. The first-order valence-electron chi connectivity index (χ1n) is 7.26. The molecular weight excluding hydrogens is 224 g/mol. The van der Waals surface area contributed by atoms with Crippen molar-refractivity contribution in [1.29, 1.82) is 0 Å². The molecule has 0 aromatic carbocycles. The molecule has 1 aromatic heterocycles. The molecule has 1 aliphatic carbocycles. The van der Waals surface area contributed by atoms with E-state index in [9.17, 15) is 5.11 Å². The van der Waals surface area contributed by atoms with Crippen LogP contribution in [0.15, 0.2) is 6.20 Å². The average Bonchev–Trinajstić information content (AvgIpc) is 2.75. The van der Waals surface area contributed by atoms with Crippen molar-refractivity contribution in [3.05, 3.63) is 17.5 Å². The topological polar surface area (TPSA) is 38.0 Å². The number of aliphatic hydroxyl groups excluding tert-OH is 1. The molecule has 1 aromatic rings. The minimum absolute atomic E-state index is 0.0917. The molecule has 3 nitrogen and oxygen atoms in total. The van der Waals surface area contributed by atoms with E-state index in [0.717, 1.165) is 25.7 Å². The monoisotopic (exact) mass is 250 g/mol. The predicted octanol–water partition coefficient (Wildman–Crippen LogP) is 3.61. The van der Waals surface area contributed by atoms with Crippen molar-refractivity contribution in [3.63, 3.8) is 0 Å². The Labute approximate surface area is 110 Å². The molecule has 1 saturated carbocycles. The first-order valence-corrected chi connectivity index (χ1v) is 7.26. The summed E-state index contributed by atoms with van der Waals surface area (Å²) in [6.07, 6.45) is 6.08. The van der Waals surface area contributed by atoms with Crippen LogP contribution in [0.5, 0.6) is 0 Å². The first kappa shape index (κ1) is 13.6. The Morgan fingerprint density at radius 2 is 1.72 bits per heavy atom. The Morgan fingerprint density at radius 1 is 1.11 bits per heavy atom. The summed E-state index contributed by atoms with van der Waals surface area (Å²) in [5, 5.41) is 14.4. The largest absolute Gasteiger partial charge is 0.393 e. The molecular formula is C15H26N2O. The maximum atomic E-state index is 9.58. The lowest BCUT2D eigenvalue weighted by molar-refractivity contribution is 0.108.